The summed E-state index contributed by atoms with van der Waals surface area (Å²) < 4.78 is 34.1. The topological polar surface area (TPSA) is 87.0 Å². The Bertz CT molecular complexity index is 1370. The highest BCUT2D eigenvalue weighted by Crippen LogP contribution is 2.45. The van der Waals surface area contributed by atoms with Crippen LogP contribution in [0.5, 0.6) is 5.75 Å². The van der Waals surface area contributed by atoms with E-state index in [1.54, 1.807) is 24.3 Å². The molecule has 204 valence electrons. The summed E-state index contributed by atoms with van der Waals surface area (Å²) in [5.41, 5.74) is 3.22. The second kappa shape index (κ2) is 12.4. The average molecular weight is 535 g/mol. The molecule has 2 atom stereocenters. The van der Waals surface area contributed by atoms with E-state index in [1.807, 2.05) is 44.2 Å². The molecular formula is C32H32F2O5. The zero-order valence-electron chi connectivity index (χ0n) is 21.9. The maximum Gasteiger partial charge on any atom is 0.305 e. The zero-order chi connectivity index (χ0) is 28.1. The molecule has 4 aromatic carbocycles. The van der Waals surface area contributed by atoms with Crippen LogP contribution < -0.4 is 4.74 Å². The smallest absolute Gasteiger partial charge is 0.305 e. The van der Waals surface area contributed by atoms with Gasteiger partial charge in [0.1, 0.15) is 24.0 Å². The van der Waals surface area contributed by atoms with Gasteiger partial charge in [0, 0.05) is 23.5 Å². The Morgan fingerprint density at radius 2 is 1.41 bits per heavy atom. The van der Waals surface area contributed by atoms with Crippen LogP contribution in [0.4, 0.5) is 8.78 Å². The van der Waals surface area contributed by atoms with E-state index in [0.29, 0.717) is 5.75 Å². The summed E-state index contributed by atoms with van der Waals surface area (Å²) in [5, 5.41) is 31.5. The van der Waals surface area contributed by atoms with Gasteiger partial charge in [0.25, 0.3) is 0 Å². The molecule has 1 unspecified atom stereocenters. The van der Waals surface area contributed by atoms with Crippen LogP contribution in [0.3, 0.4) is 0 Å². The molecule has 0 fully saturated rings. The molecule has 0 radical (unpaired) electrons. The highest BCUT2D eigenvalue weighted by molar-refractivity contribution is 5.90. The van der Waals surface area contributed by atoms with Gasteiger partial charge in [-0.05, 0) is 58.1 Å². The standard InChI is InChI=1S/C32H32F2O5/c1-19(2)30-27-6-4-3-5-22(27)15-28(32(30)39-18-26(36)16-25(35)17-29(37)38)31(20-7-11-23(33)12-8-20)21-9-13-24(34)14-10-21/h3-15,19,25-26,31,35-36H,16-18H2,1-2H3,(H,37,38)/t25-,26?/m1/s1. The van der Waals surface area contributed by atoms with Gasteiger partial charge in [0.05, 0.1) is 18.6 Å². The molecule has 5 nitrogen and oxygen atoms in total. The lowest BCUT2D eigenvalue weighted by molar-refractivity contribution is -0.139. The Balaban J connectivity index is 1.87. The van der Waals surface area contributed by atoms with Crippen molar-refractivity contribution in [2.75, 3.05) is 6.61 Å². The number of aliphatic hydroxyl groups excluding tert-OH is 2. The molecule has 4 aromatic rings. The van der Waals surface area contributed by atoms with E-state index in [1.165, 1.54) is 24.3 Å². The Hall–Kier alpha value is -3.81. The van der Waals surface area contributed by atoms with Crippen molar-refractivity contribution in [2.45, 2.75) is 50.7 Å². The largest absolute Gasteiger partial charge is 0.490 e. The van der Waals surface area contributed by atoms with Gasteiger partial charge in [0.15, 0.2) is 0 Å². The van der Waals surface area contributed by atoms with Crippen LogP contribution in [0.25, 0.3) is 10.8 Å². The second-order valence-corrected chi connectivity index (χ2v) is 10.1. The normalized spacial score (nSPS) is 13.1. The summed E-state index contributed by atoms with van der Waals surface area (Å²) in [5.74, 6) is -1.81. The molecule has 0 aromatic heterocycles. The van der Waals surface area contributed by atoms with Gasteiger partial charge < -0.3 is 20.1 Å². The van der Waals surface area contributed by atoms with E-state index < -0.39 is 30.5 Å². The third-order valence-electron chi connectivity index (χ3n) is 6.74. The zero-order valence-corrected chi connectivity index (χ0v) is 21.9. The lowest BCUT2D eigenvalue weighted by atomic mass is 9.81. The fourth-order valence-corrected chi connectivity index (χ4v) is 5.04. The van der Waals surface area contributed by atoms with E-state index in [9.17, 15) is 23.8 Å². The number of carboxylic acids is 1. The highest BCUT2D eigenvalue weighted by atomic mass is 19.1. The third-order valence-corrected chi connectivity index (χ3v) is 6.74. The number of aliphatic carboxylic acids is 1. The number of fused-ring (bicyclic) bond motifs is 1. The first-order valence-electron chi connectivity index (χ1n) is 12.9. The number of halogens is 2. The number of carbonyl (C=O) groups is 1. The predicted octanol–water partition coefficient (Wildman–Crippen LogP) is 6.39. The molecular weight excluding hydrogens is 502 g/mol. The Morgan fingerprint density at radius 1 is 0.846 bits per heavy atom. The summed E-state index contributed by atoms with van der Waals surface area (Å²) in [7, 11) is 0. The maximum atomic E-state index is 13.9. The van der Waals surface area contributed by atoms with Gasteiger partial charge in [-0.25, -0.2) is 8.78 Å². The van der Waals surface area contributed by atoms with Crippen LogP contribution in [0.15, 0.2) is 78.9 Å². The Kier molecular flexibility index (Phi) is 8.94. The van der Waals surface area contributed by atoms with Crippen molar-refractivity contribution < 1.29 is 33.6 Å². The number of aliphatic hydroxyl groups is 2. The van der Waals surface area contributed by atoms with Crippen molar-refractivity contribution in [1.82, 2.24) is 0 Å². The summed E-state index contributed by atoms with van der Waals surface area (Å²) in [4.78, 5) is 10.9. The lowest BCUT2D eigenvalue weighted by Crippen LogP contribution is -2.26. The van der Waals surface area contributed by atoms with E-state index in [0.717, 1.165) is 33.0 Å². The molecule has 0 amide bonds. The SMILES string of the molecule is CC(C)c1c(OCC(O)C[C@@H](O)CC(=O)O)c(C(c2ccc(F)cc2)c2ccc(F)cc2)cc2ccccc12. The summed E-state index contributed by atoms with van der Waals surface area (Å²) >= 11 is 0. The molecule has 39 heavy (non-hydrogen) atoms. The van der Waals surface area contributed by atoms with Crippen molar-refractivity contribution in [3.05, 3.63) is 113 Å². The van der Waals surface area contributed by atoms with Crippen molar-refractivity contribution in [3.63, 3.8) is 0 Å². The molecule has 0 saturated heterocycles. The molecule has 3 N–H and O–H groups in total. The highest BCUT2D eigenvalue weighted by Gasteiger charge is 2.27. The molecule has 0 saturated carbocycles. The van der Waals surface area contributed by atoms with Crippen LogP contribution in [-0.2, 0) is 4.79 Å². The minimum absolute atomic E-state index is 0.0154. The van der Waals surface area contributed by atoms with Gasteiger partial charge in [-0.3, -0.25) is 4.79 Å². The molecule has 4 rings (SSSR count). The fourth-order valence-electron chi connectivity index (χ4n) is 5.04. The monoisotopic (exact) mass is 534 g/mol. The predicted molar refractivity (Wildman–Crippen MR) is 146 cm³/mol. The van der Waals surface area contributed by atoms with Crippen LogP contribution in [-0.4, -0.2) is 40.1 Å². The van der Waals surface area contributed by atoms with Crippen LogP contribution in [0, 0.1) is 11.6 Å². The third kappa shape index (κ3) is 6.80. The molecule has 0 aliphatic heterocycles. The first-order chi connectivity index (χ1) is 18.6. The van der Waals surface area contributed by atoms with Crippen LogP contribution in [0.2, 0.25) is 0 Å². The van der Waals surface area contributed by atoms with Gasteiger partial charge in [0.2, 0.25) is 0 Å². The first-order valence-corrected chi connectivity index (χ1v) is 12.9. The number of hydrogen-bond donors (Lipinski definition) is 3. The lowest BCUT2D eigenvalue weighted by Gasteiger charge is -2.27. The summed E-state index contributed by atoms with van der Waals surface area (Å²) in [6.07, 6.45) is -2.97. The van der Waals surface area contributed by atoms with E-state index in [-0.39, 0.29) is 30.6 Å². The minimum Gasteiger partial charge on any atom is -0.490 e. The van der Waals surface area contributed by atoms with Crippen molar-refractivity contribution in [1.29, 1.82) is 0 Å². The number of ether oxygens (including phenoxy) is 1. The molecule has 0 aliphatic carbocycles. The number of hydrogen-bond acceptors (Lipinski definition) is 4. The van der Waals surface area contributed by atoms with E-state index >= 15 is 0 Å². The molecule has 7 heteroatoms. The molecule has 0 aliphatic rings. The molecule has 0 heterocycles. The van der Waals surface area contributed by atoms with Gasteiger partial charge in [-0.1, -0.05) is 62.4 Å². The number of rotatable bonds is 11. The Morgan fingerprint density at radius 3 is 1.95 bits per heavy atom. The van der Waals surface area contributed by atoms with Crippen LogP contribution in [0.1, 0.15) is 60.8 Å². The van der Waals surface area contributed by atoms with Gasteiger partial charge in [-0.15, -0.1) is 0 Å². The van der Waals surface area contributed by atoms with Crippen molar-refractivity contribution >= 4 is 16.7 Å². The summed E-state index contributed by atoms with van der Waals surface area (Å²) in [6.45, 7) is 3.90. The minimum atomic E-state index is -1.21. The van der Waals surface area contributed by atoms with E-state index in [4.69, 9.17) is 9.84 Å². The van der Waals surface area contributed by atoms with Crippen LogP contribution >= 0.6 is 0 Å². The van der Waals surface area contributed by atoms with Gasteiger partial charge in [-0.2, -0.15) is 0 Å². The van der Waals surface area contributed by atoms with E-state index in [2.05, 4.69) is 0 Å². The number of benzene rings is 4. The molecule has 0 bridgehead atoms. The van der Waals surface area contributed by atoms with Crippen molar-refractivity contribution in [2.24, 2.45) is 0 Å². The maximum absolute atomic E-state index is 13.9. The fraction of sp³-hybridized carbons (Fsp3) is 0.281. The van der Waals surface area contributed by atoms with Crippen molar-refractivity contribution in [3.8, 4) is 5.75 Å². The quantitative estimate of drug-likeness (QED) is 0.194. The average Bonchev–Trinajstić information content (AvgIpc) is 2.88. The van der Waals surface area contributed by atoms with Gasteiger partial charge >= 0.3 is 5.97 Å². The Labute approximate surface area is 226 Å². The summed E-state index contributed by atoms with van der Waals surface area (Å²) in [6, 6.07) is 22.1. The molecule has 0 spiro atoms. The first kappa shape index (κ1) is 28.2. The second-order valence-electron chi connectivity index (χ2n) is 10.1. The number of carboxylic acid groups (broad SMARTS) is 1.